The number of benzene rings is 1. The largest absolute Gasteiger partial charge is 0.331 e. The standard InChI is InChI=1S/C21H23N3O2/c1-2-24-19-10-6-9-17(12-14-21(25)23-26)15-18(19)22-20(24)13-11-16-7-4-3-5-8-16/h3-9,12,14-15,26H,2,10-11,13H2,1H3,(H,23,25)/b14-12+. The first-order chi connectivity index (χ1) is 12.7. The Bertz CT molecular complexity index is 861. The predicted octanol–water partition coefficient (Wildman–Crippen LogP) is 3.25. The molecule has 1 aromatic carbocycles. The van der Waals surface area contributed by atoms with Crippen LogP contribution in [0.15, 0.2) is 60.2 Å². The van der Waals surface area contributed by atoms with Crippen LogP contribution >= 0.6 is 0 Å². The number of aromatic nitrogens is 2. The monoisotopic (exact) mass is 349 g/mol. The van der Waals surface area contributed by atoms with E-state index in [0.717, 1.165) is 42.9 Å². The summed E-state index contributed by atoms with van der Waals surface area (Å²) < 4.78 is 2.28. The summed E-state index contributed by atoms with van der Waals surface area (Å²) in [5.41, 5.74) is 5.93. The average molecular weight is 349 g/mol. The van der Waals surface area contributed by atoms with Crippen LogP contribution in [0.5, 0.6) is 0 Å². The van der Waals surface area contributed by atoms with Gasteiger partial charge in [-0.15, -0.1) is 0 Å². The molecule has 2 N–H and O–H groups in total. The molecule has 134 valence electrons. The smallest absolute Gasteiger partial charge is 0.267 e. The molecule has 0 atom stereocenters. The number of allylic oxidation sites excluding steroid dienone is 4. The van der Waals surface area contributed by atoms with Gasteiger partial charge in [0.15, 0.2) is 0 Å². The zero-order valence-electron chi connectivity index (χ0n) is 14.9. The summed E-state index contributed by atoms with van der Waals surface area (Å²) in [6.07, 6.45) is 11.7. The van der Waals surface area contributed by atoms with Crippen LogP contribution in [0.2, 0.25) is 0 Å². The number of carbonyl (C=O) groups is 1. The molecule has 0 fully saturated rings. The van der Waals surface area contributed by atoms with E-state index in [1.54, 1.807) is 11.6 Å². The Labute approximate surface area is 153 Å². The van der Waals surface area contributed by atoms with E-state index in [-0.39, 0.29) is 0 Å². The maximum absolute atomic E-state index is 11.2. The fraction of sp³-hybridized carbons (Fsp3) is 0.238. The highest BCUT2D eigenvalue weighted by atomic mass is 16.5. The number of carbonyl (C=O) groups excluding carboxylic acids is 1. The highest BCUT2D eigenvalue weighted by molar-refractivity contribution is 5.87. The molecule has 1 aliphatic rings. The number of fused-ring (bicyclic) bond motifs is 1. The Kier molecular flexibility index (Phi) is 5.81. The lowest BCUT2D eigenvalue weighted by Gasteiger charge is -2.08. The molecule has 1 aromatic heterocycles. The number of hydroxylamine groups is 1. The minimum absolute atomic E-state index is 0.550. The lowest BCUT2D eigenvalue weighted by atomic mass is 10.1. The minimum Gasteiger partial charge on any atom is -0.331 e. The molecule has 0 radical (unpaired) electrons. The number of hydrogen-bond donors (Lipinski definition) is 2. The van der Waals surface area contributed by atoms with Gasteiger partial charge in [-0.1, -0.05) is 42.5 Å². The quantitative estimate of drug-likeness (QED) is 0.478. The summed E-state index contributed by atoms with van der Waals surface area (Å²) in [7, 11) is 0. The van der Waals surface area contributed by atoms with Gasteiger partial charge in [-0.3, -0.25) is 10.0 Å². The number of rotatable bonds is 6. The fourth-order valence-electron chi connectivity index (χ4n) is 3.18. The van der Waals surface area contributed by atoms with Crippen molar-refractivity contribution >= 4 is 12.0 Å². The SMILES string of the molecule is CCn1c(CCc2ccccc2)nc2c1CC=CC(/C=C/C(=O)NO)=C2. The molecule has 5 heteroatoms. The van der Waals surface area contributed by atoms with E-state index in [0.29, 0.717) is 0 Å². The van der Waals surface area contributed by atoms with Crippen molar-refractivity contribution in [1.29, 1.82) is 0 Å². The number of aryl methyl sites for hydroxylation is 2. The van der Waals surface area contributed by atoms with Crippen molar-refractivity contribution in [3.63, 3.8) is 0 Å². The first-order valence-corrected chi connectivity index (χ1v) is 8.84. The van der Waals surface area contributed by atoms with Gasteiger partial charge in [0.1, 0.15) is 5.82 Å². The summed E-state index contributed by atoms with van der Waals surface area (Å²) in [5, 5.41) is 8.60. The van der Waals surface area contributed by atoms with Crippen molar-refractivity contribution < 1.29 is 10.0 Å². The van der Waals surface area contributed by atoms with Gasteiger partial charge in [0, 0.05) is 31.2 Å². The third-order valence-corrected chi connectivity index (χ3v) is 4.44. The first-order valence-electron chi connectivity index (χ1n) is 8.84. The van der Waals surface area contributed by atoms with E-state index in [9.17, 15) is 4.79 Å². The molecule has 5 nitrogen and oxygen atoms in total. The molecule has 1 heterocycles. The molecule has 0 spiro atoms. The molecule has 0 unspecified atom stereocenters. The van der Waals surface area contributed by atoms with E-state index in [1.165, 1.54) is 17.3 Å². The van der Waals surface area contributed by atoms with E-state index in [1.807, 2.05) is 18.2 Å². The number of nitrogens with zero attached hydrogens (tertiary/aromatic N) is 2. The van der Waals surface area contributed by atoms with Crippen LogP contribution in [0.1, 0.15) is 29.7 Å². The molecular formula is C21H23N3O2. The summed E-state index contributed by atoms with van der Waals surface area (Å²) in [4.78, 5) is 16.0. The highest BCUT2D eigenvalue weighted by Crippen LogP contribution is 2.22. The summed E-state index contributed by atoms with van der Waals surface area (Å²) in [6, 6.07) is 10.4. The van der Waals surface area contributed by atoms with Crippen LogP contribution in [0.25, 0.3) is 6.08 Å². The minimum atomic E-state index is -0.550. The highest BCUT2D eigenvalue weighted by Gasteiger charge is 2.15. The van der Waals surface area contributed by atoms with Crippen LogP contribution in [0, 0.1) is 0 Å². The second kappa shape index (κ2) is 8.45. The van der Waals surface area contributed by atoms with E-state index in [4.69, 9.17) is 10.2 Å². The molecule has 1 aliphatic carbocycles. The molecule has 0 saturated carbocycles. The predicted molar refractivity (Wildman–Crippen MR) is 102 cm³/mol. The van der Waals surface area contributed by atoms with Crippen molar-refractivity contribution in [2.45, 2.75) is 32.7 Å². The Morgan fingerprint density at radius 1 is 1.31 bits per heavy atom. The maximum atomic E-state index is 11.2. The fourth-order valence-corrected chi connectivity index (χ4v) is 3.18. The second-order valence-electron chi connectivity index (χ2n) is 6.15. The molecule has 2 aromatic rings. The van der Waals surface area contributed by atoms with Crippen molar-refractivity contribution in [1.82, 2.24) is 15.0 Å². The average Bonchev–Trinajstić information content (AvgIpc) is 2.87. The first kappa shape index (κ1) is 17.9. The second-order valence-corrected chi connectivity index (χ2v) is 6.15. The molecule has 3 rings (SSSR count). The molecule has 0 aliphatic heterocycles. The maximum Gasteiger partial charge on any atom is 0.267 e. The number of nitrogens with one attached hydrogen (secondary N) is 1. The topological polar surface area (TPSA) is 67.2 Å². The third kappa shape index (κ3) is 4.18. The normalized spacial score (nSPS) is 13.4. The van der Waals surface area contributed by atoms with Gasteiger partial charge in [0.25, 0.3) is 5.91 Å². The van der Waals surface area contributed by atoms with Crippen LogP contribution in [0.3, 0.4) is 0 Å². The molecule has 0 saturated heterocycles. The summed E-state index contributed by atoms with van der Waals surface area (Å²) in [5.74, 6) is 0.538. The third-order valence-electron chi connectivity index (χ3n) is 4.44. The van der Waals surface area contributed by atoms with Crippen LogP contribution in [-0.4, -0.2) is 20.7 Å². The van der Waals surface area contributed by atoms with Crippen molar-refractivity contribution in [3.8, 4) is 0 Å². The zero-order valence-corrected chi connectivity index (χ0v) is 14.9. The summed E-state index contributed by atoms with van der Waals surface area (Å²) in [6.45, 7) is 3.02. The molecule has 26 heavy (non-hydrogen) atoms. The van der Waals surface area contributed by atoms with Gasteiger partial charge in [-0.2, -0.15) is 0 Å². The van der Waals surface area contributed by atoms with Gasteiger partial charge in [0.2, 0.25) is 0 Å². The zero-order chi connectivity index (χ0) is 18.4. The van der Waals surface area contributed by atoms with E-state index >= 15 is 0 Å². The Balaban J connectivity index is 1.85. The van der Waals surface area contributed by atoms with Gasteiger partial charge in [-0.25, -0.2) is 10.5 Å². The van der Waals surface area contributed by atoms with Crippen LogP contribution in [-0.2, 0) is 30.6 Å². The summed E-state index contributed by atoms with van der Waals surface area (Å²) >= 11 is 0. The lowest BCUT2D eigenvalue weighted by molar-refractivity contribution is -0.124. The molecular weight excluding hydrogens is 326 g/mol. The number of imidazole rings is 1. The van der Waals surface area contributed by atoms with Crippen molar-refractivity contribution in [2.24, 2.45) is 0 Å². The van der Waals surface area contributed by atoms with Gasteiger partial charge in [-0.05, 0) is 36.6 Å². The van der Waals surface area contributed by atoms with Gasteiger partial charge < -0.3 is 4.57 Å². The van der Waals surface area contributed by atoms with E-state index in [2.05, 4.69) is 41.8 Å². The number of amides is 1. The van der Waals surface area contributed by atoms with Crippen molar-refractivity contribution in [2.75, 3.05) is 0 Å². The van der Waals surface area contributed by atoms with Gasteiger partial charge >= 0.3 is 0 Å². The Morgan fingerprint density at radius 3 is 2.85 bits per heavy atom. The number of hydrogen-bond acceptors (Lipinski definition) is 3. The van der Waals surface area contributed by atoms with Crippen LogP contribution < -0.4 is 5.48 Å². The molecule has 1 amide bonds. The Hall–Kier alpha value is -2.92. The van der Waals surface area contributed by atoms with Crippen molar-refractivity contribution in [3.05, 3.63) is 83.0 Å². The van der Waals surface area contributed by atoms with Gasteiger partial charge in [0.05, 0.1) is 5.69 Å². The van der Waals surface area contributed by atoms with E-state index < -0.39 is 5.91 Å². The molecule has 0 bridgehead atoms. The lowest BCUT2D eigenvalue weighted by Crippen LogP contribution is -2.14. The van der Waals surface area contributed by atoms with Crippen LogP contribution in [0.4, 0.5) is 0 Å². The Morgan fingerprint density at radius 2 is 2.12 bits per heavy atom.